The lowest BCUT2D eigenvalue weighted by atomic mass is 10.1. The number of hydrogen-bond acceptors (Lipinski definition) is 5. The maximum absolute atomic E-state index is 13.1. The van der Waals surface area contributed by atoms with Crippen LogP contribution in [0.1, 0.15) is 19.4 Å². The molecule has 3 rings (SSSR count). The summed E-state index contributed by atoms with van der Waals surface area (Å²) >= 11 is 8.05. The molecule has 1 fully saturated rings. The highest BCUT2D eigenvalue weighted by Crippen LogP contribution is 2.38. The number of methoxy groups -OCH3 is 1. The summed E-state index contributed by atoms with van der Waals surface area (Å²) in [5.74, 6) is 1.00. The highest BCUT2D eigenvalue weighted by molar-refractivity contribution is 9.11. The monoisotopic (exact) mass is 538 g/mol. The number of thioether (sulfide) groups is 1. The molecule has 0 atom stereocenters. The van der Waals surface area contributed by atoms with Crippen molar-refractivity contribution in [1.29, 1.82) is 0 Å². The Hall–Kier alpha value is -1.77. The number of aromatic hydroxyl groups is 1. The SMILES string of the molecule is COc1ccc(N=C2S/C(=C\c3cc(Br)cc(Br)c3O)C(=O)N2CC(C)C)cc1. The summed E-state index contributed by atoms with van der Waals surface area (Å²) in [6.07, 6.45) is 1.70. The van der Waals surface area contributed by atoms with Crippen LogP contribution >= 0.6 is 43.6 Å². The maximum Gasteiger partial charge on any atom is 0.266 e. The van der Waals surface area contributed by atoms with Gasteiger partial charge in [-0.05, 0) is 76.1 Å². The number of ether oxygens (including phenoxy) is 1. The van der Waals surface area contributed by atoms with E-state index in [1.165, 1.54) is 11.8 Å². The average molecular weight is 540 g/mol. The minimum Gasteiger partial charge on any atom is -0.506 e. The van der Waals surface area contributed by atoms with E-state index >= 15 is 0 Å². The second kappa shape index (κ2) is 9.36. The molecule has 1 saturated heterocycles. The molecule has 5 nitrogen and oxygen atoms in total. The summed E-state index contributed by atoms with van der Waals surface area (Å²) in [4.78, 5) is 19.9. The minimum absolute atomic E-state index is 0.0880. The maximum atomic E-state index is 13.1. The molecular weight excluding hydrogens is 520 g/mol. The van der Waals surface area contributed by atoms with E-state index in [1.807, 2.05) is 24.3 Å². The van der Waals surface area contributed by atoms with Crippen LogP contribution < -0.4 is 4.74 Å². The summed E-state index contributed by atoms with van der Waals surface area (Å²) in [6.45, 7) is 4.68. The van der Waals surface area contributed by atoms with Crippen LogP contribution in [-0.4, -0.2) is 34.7 Å². The number of benzene rings is 2. The average Bonchev–Trinajstić information content (AvgIpc) is 2.94. The zero-order valence-corrected chi connectivity index (χ0v) is 20.1. The van der Waals surface area contributed by atoms with E-state index < -0.39 is 0 Å². The van der Waals surface area contributed by atoms with Gasteiger partial charge in [-0.1, -0.05) is 29.8 Å². The summed E-state index contributed by atoms with van der Waals surface area (Å²) in [7, 11) is 1.61. The Balaban J connectivity index is 1.99. The van der Waals surface area contributed by atoms with Crippen LogP contribution in [0.15, 0.2) is 55.2 Å². The van der Waals surface area contributed by atoms with E-state index in [0.29, 0.717) is 26.7 Å². The minimum atomic E-state index is -0.119. The fraction of sp³-hybridized carbons (Fsp3) is 0.238. The molecule has 29 heavy (non-hydrogen) atoms. The van der Waals surface area contributed by atoms with Crippen molar-refractivity contribution in [3.63, 3.8) is 0 Å². The lowest BCUT2D eigenvalue weighted by Crippen LogP contribution is -2.32. The molecule has 0 spiro atoms. The lowest BCUT2D eigenvalue weighted by Gasteiger charge is -2.17. The first-order chi connectivity index (χ1) is 13.8. The summed E-state index contributed by atoms with van der Waals surface area (Å²) < 4.78 is 6.54. The standard InChI is InChI=1S/C21H20Br2N2O3S/c1-12(2)11-25-20(27)18(9-13-8-14(22)10-17(23)19(13)26)29-21(25)24-15-4-6-16(28-3)7-5-15/h4-10,12,26H,11H2,1-3H3/b18-9-,24-21?. The van der Waals surface area contributed by atoms with Crippen molar-refractivity contribution >= 4 is 66.5 Å². The van der Waals surface area contributed by atoms with E-state index in [1.54, 1.807) is 30.2 Å². The van der Waals surface area contributed by atoms with Gasteiger partial charge in [-0.2, -0.15) is 0 Å². The van der Waals surface area contributed by atoms with Crippen LogP contribution in [0.5, 0.6) is 11.5 Å². The van der Waals surface area contributed by atoms with Gasteiger partial charge >= 0.3 is 0 Å². The molecule has 1 aliphatic rings. The number of phenols is 1. The molecule has 2 aromatic carbocycles. The number of rotatable bonds is 5. The van der Waals surface area contributed by atoms with Gasteiger partial charge in [-0.3, -0.25) is 9.69 Å². The quantitative estimate of drug-likeness (QED) is 0.460. The molecule has 1 aliphatic heterocycles. The van der Waals surface area contributed by atoms with Crippen molar-refractivity contribution in [2.45, 2.75) is 13.8 Å². The van der Waals surface area contributed by atoms with Crippen molar-refractivity contribution in [2.75, 3.05) is 13.7 Å². The van der Waals surface area contributed by atoms with Crippen LogP contribution in [0.3, 0.4) is 0 Å². The van der Waals surface area contributed by atoms with Crippen molar-refractivity contribution in [3.8, 4) is 11.5 Å². The van der Waals surface area contributed by atoms with Crippen LogP contribution in [0, 0.1) is 5.92 Å². The smallest absolute Gasteiger partial charge is 0.266 e. The predicted molar refractivity (Wildman–Crippen MR) is 126 cm³/mol. The number of carbonyl (C=O) groups excluding carboxylic acids is 1. The predicted octanol–water partition coefficient (Wildman–Crippen LogP) is 6.19. The highest BCUT2D eigenvalue weighted by Gasteiger charge is 2.34. The fourth-order valence-electron chi connectivity index (χ4n) is 2.72. The number of hydrogen-bond donors (Lipinski definition) is 1. The van der Waals surface area contributed by atoms with E-state index in [0.717, 1.165) is 15.9 Å². The molecular formula is C21H20Br2N2O3S. The Morgan fingerprint density at radius 2 is 1.93 bits per heavy atom. The molecule has 1 heterocycles. The van der Waals surface area contributed by atoms with Crippen molar-refractivity contribution < 1.29 is 14.6 Å². The molecule has 0 radical (unpaired) electrons. The van der Waals surface area contributed by atoms with Crippen LogP contribution in [0.4, 0.5) is 5.69 Å². The summed E-state index contributed by atoms with van der Waals surface area (Å²) in [6, 6.07) is 10.9. The van der Waals surface area contributed by atoms with Gasteiger partial charge in [-0.25, -0.2) is 4.99 Å². The number of carbonyl (C=O) groups is 1. The molecule has 0 bridgehead atoms. The zero-order chi connectivity index (χ0) is 21.1. The fourth-order valence-corrected chi connectivity index (χ4v) is 4.98. The largest absolute Gasteiger partial charge is 0.506 e. The van der Waals surface area contributed by atoms with Crippen molar-refractivity contribution in [3.05, 3.63) is 55.8 Å². The Bertz CT molecular complexity index is 988. The van der Waals surface area contributed by atoms with E-state index in [4.69, 9.17) is 4.74 Å². The number of amides is 1. The second-order valence-corrected chi connectivity index (χ2v) is 9.62. The summed E-state index contributed by atoms with van der Waals surface area (Å²) in [5.41, 5.74) is 1.29. The third-order valence-corrected chi connectivity index (χ3v) is 6.15. The van der Waals surface area contributed by atoms with Gasteiger partial charge in [0.15, 0.2) is 5.17 Å². The second-order valence-electron chi connectivity index (χ2n) is 6.84. The molecule has 0 saturated carbocycles. The topological polar surface area (TPSA) is 62.1 Å². The molecule has 2 aromatic rings. The van der Waals surface area contributed by atoms with E-state index in [9.17, 15) is 9.90 Å². The number of amidine groups is 1. The van der Waals surface area contributed by atoms with E-state index in [-0.39, 0.29) is 17.6 Å². The third-order valence-electron chi connectivity index (χ3n) is 4.08. The number of halogens is 2. The van der Waals surface area contributed by atoms with E-state index in [2.05, 4.69) is 50.7 Å². The molecule has 1 amide bonds. The molecule has 1 N–H and O–H groups in total. The van der Waals surface area contributed by atoms with Crippen molar-refractivity contribution in [1.82, 2.24) is 4.90 Å². The summed E-state index contributed by atoms with van der Waals surface area (Å²) in [5, 5.41) is 11.0. The first-order valence-electron chi connectivity index (χ1n) is 8.90. The first-order valence-corrected chi connectivity index (χ1v) is 11.3. The Kier molecular flexibility index (Phi) is 7.08. The number of aliphatic imine (C=N–C) groups is 1. The molecule has 0 unspecified atom stereocenters. The van der Waals surface area contributed by atoms with Gasteiger partial charge < -0.3 is 9.84 Å². The van der Waals surface area contributed by atoms with Crippen LogP contribution in [0.2, 0.25) is 0 Å². The first kappa shape index (κ1) is 21.9. The van der Waals surface area contributed by atoms with Gasteiger partial charge in [0, 0.05) is 16.6 Å². The van der Waals surface area contributed by atoms with Gasteiger partial charge in [0.2, 0.25) is 0 Å². The zero-order valence-electron chi connectivity index (χ0n) is 16.1. The number of nitrogens with zero attached hydrogens (tertiary/aromatic N) is 2. The lowest BCUT2D eigenvalue weighted by molar-refractivity contribution is -0.122. The molecule has 0 aliphatic carbocycles. The molecule has 0 aromatic heterocycles. The Morgan fingerprint density at radius 1 is 1.24 bits per heavy atom. The Labute approximate surface area is 191 Å². The van der Waals surface area contributed by atoms with Gasteiger partial charge in [0.05, 0.1) is 22.2 Å². The molecule has 8 heteroatoms. The molecule has 152 valence electrons. The highest BCUT2D eigenvalue weighted by atomic mass is 79.9. The van der Waals surface area contributed by atoms with Gasteiger partial charge in [-0.15, -0.1) is 0 Å². The van der Waals surface area contributed by atoms with Gasteiger partial charge in [0.25, 0.3) is 5.91 Å². The number of phenolic OH excluding ortho intramolecular Hbond substituents is 1. The van der Waals surface area contributed by atoms with Crippen molar-refractivity contribution in [2.24, 2.45) is 10.9 Å². The third kappa shape index (κ3) is 5.24. The van der Waals surface area contributed by atoms with Crippen LogP contribution in [-0.2, 0) is 4.79 Å². The van der Waals surface area contributed by atoms with Gasteiger partial charge in [0.1, 0.15) is 11.5 Å². The Morgan fingerprint density at radius 3 is 2.55 bits per heavy atom. The van der Waals surface area contributed by atoms with Crippen LogP contribution in [0.25, 0.3) is 6.08 Å². The normalized spacial score (nSPS) is 17.0.